The molecule has 3 aromatic rings. The van der Waals surface area contributed by atoms with Crippen molar-refractivity contribution in [2.45, 2.75) is 6.61 Å². The summed E-state index contributed by atoms with van der Waals surface area (Å²) in [7, 11) is 0. The minimum absolute atomic E-state index is 0.158. The van der Waals surface area contributed by atoms with E-state index in [0.717, 1.165) is 0 Å². The Morgan fingerprint density at radius 1 is 1.17 bits per heavy atom. The molecule has 2 heterocycles. The van der Waals surface area contributed by atoms with Crippen LogP contribution < -0.4 is 0 Å². The molecule has 5 heteroatoms. The summed E-state index contributed by atoms with van der Waals surface area (Å²) in [5.41, 5.74) is 2.13. The zero-order valence-electron chi connectivity index (χ0n) is 9.42. The Morgan fingerprint density at radius 3 is 2.78 bits per heavy atom. The van der Waals surface area contributed by atoms with Gasteiger partial charge in [-0.2, -0.15) is 5.10 Å². The Balaban J connectivity index is 2.21. The van der Waals surface area contributed by atoms with E-state index < -0.39 is 0 Å². The van der Waals surface area contributed by atoms with Gasteiger partial charge < -0.3 is 5.11 Å². The standard InChI is InChI=1S/C13H10FN3O/c14-11-4-2-1-3-10(11)12-5-6-13-15-7-9(8-18)17(13)16-12/h1-7,18H,8H2. The summed E-state index contributed by atoms with van der Waals surface area (Å²) in [5, 5.41) is 13.5. The Labute approximate surface area is 102 Å². The van der Waals surface area contributed by atoms with Gasteiger partial charge >= 0.3 is 0 Å². The van der Waals surface area contributed by atoms with Gasteiger partial charge in [-0.15, -0.1) is 0 Å². The zero-order chi connectivity index (χ0) is 12.5. The van der Waals surface area contributed by atoms with Gasteiger partial charge in [0, 0.05) is 5.56 Å². The van der Waals surface area contributed by atoms with Gasteiger partial charge in [0.1, 0.15) is 5.82 Å². The number of hydrogen-bond acceptors (Lipinski definition) is 3. The SMILES string of the molecule is OCc1cnc2ccc(-c3ccccc3F)nn12. The maximum absolute atomic E-state index is 13.7. The van der Waals surface area contributed by atoms with E-state index in [1.54, 1.807) is 36.5 Å². The predicted molar refractivity (Wildman–Crippen MR) is 64.3 cm³/mol. The third-order valence-corrected chi connectivity index (χ3v) is 2.74. The molecule has 0 amide bonds. The average molecular weight is 243 g/mol. The molecule has 0 fully saturated rings. The van der Waals surface area contributed by atoms with Crippen LogP contribution in [0.25, 0.3) is 16.9 Å². The highest BCUT2D eigenvalue weighted by Crippen LogP contribution is 2.20. The lowest BCUT2D eigenvalue weighted by atomic mass is 10.1. The van der Waals surface area contributed by atoms with Crippen LogP contribution >= 0.6 is 0 Å². The second-order valence-corrected chi connectivity index (χ2v) is 3.88. The highest BCUT2D eigenvalue weighted by Gasteiger charge is 2.09. The van der Waals surface area contributed by atoms with Crippen molar-refractivity contribution >= 4 is 5.65 Å². The second kappa shape index (κ2) is 4.19. The summed E-state index contributed by atoms with van der Waals surface area (Å²) in [6.45, 7) is -0.158. The third kappa shape index (κ3) is 1.65. The minimum Gasteiger partial charge on any atom is -0.390 e. The summed E-state index contributed by atoms with van der Waals surface area (Å²) in [6.07, 6.45) is 1.55. The van der Waals surface area contributed by atoms with Crippen LogP contribution in [-0.4, -0.2) is 19.7 Å². The van der Waals surface area contributed by atoms with Gasteiger partial charge in [-0.25, -0.2) is 13.9 Å². The summed E-state index contributed by atoms with van der Waals surface area (Å²) in [5.74, 6) is -0.324. The summed E-state index contributed by atoms with van der Waals surface area (Å²) in [4.78, 5) is 4.09. The van der Waals surface area contributed by atoms with E-state index in [1.165, 1.54) is 10.6 Å². The van der Waals surface area contributed by atoms with E-state index in [2.05, 4.69) is 10.1 Å². The number of halogens is 1. The lowest BCUT2D eigenvalue weighted by Crippen LogP contribution is -1.99. The molecule has 0 aliphatic heterocycles. The first kappa shape index (κ1) is 10.9. The van der Waals surface area contributed by atoms with Gasteiger partial charge in [-0.3, -0.25) is 0 Å². The van der Waals surface area contributed by atoms with Gasteiger partial charge in [0.25, 0.3) is 0 Å². The molecule has 0 saturated carbocycles. The van der Waals surface area contributed by atoms with Crippen molar-refractivity contribution in [2.75, 3.05) is 0 Å². The monoisotopic (exact) mass is 243 g/mol. The number of hydrogen-bond donors (Lipinski definition) is 1. The van der Waals surface area contributed by atoms with Crippen molar-refractivity contribution in [3.05, 3.63) is 54.1 Å². The van der Waals surface area contributed by atoms with E-state index in [-0.39, 0.29) is 12.4 Å². The number of aliphatic hydroxyl groups is 1. The van der Waals surface area contributed by atoms with Crippen LogP contribution in [0.5, 0.6) is 0 Å². The third-order valence-electron chi connectivity index (χ3n) is 2.74. The molecule has 0 spiro atoms. The fourth-order valence-electron chi connectivity index (χ4n) is 1.84. The largest absolute Gasteiger partial charge is 0.390 e. The Bertz CT molecular complexity index is 708. The van der Waals surface area contributed by atoms with Crippen molar-refractivity contribution in [2.24, 2.45) is 0 Å². The normalized spacial score (nSPS) is 11.0. The van der Waals surface area contributed by atoms with Crippen LogP contribution in [0.2, 0.25) is 0 Å². The number of nitrogens with zero attached hydrogens (tertiary/aromatic N) is 3. The predicted octanol–water partition coefficient (Wildman–Crippen LogP) is 2.03. The summed E-state index contributed by atoms with van der Waals surface area (Å²) in [6, 6.07) is 9.90. The van der Waals surface area contributed by atoms with E-state index in [4.69, 9.17) is 5.11 Å². The fraction of sp³-hybridized carbons (Fsp3) is 0.0769. The van der Waals surface area contributed by atoms with Crippen molar-refractivity contribution < 1.29 is 9.50 Å². The van der Waals surface area contributed by atoms with Gasteiger partial charge in [0.15, 0.2) is 5.65 Å². The number of imidazole rings is 1. The van der Waals surface area contributed by atoms with Crippen LogP contribution in [0.1, 0.15) is 5.69 Å². The Morgan fingerprint density at radius 2 is 2.00 bits per heavy atom. The van der Waals surface area contributed by atoms with Crippen molar-refractivity contribution in [1.82, 2.24) is 14.6 Å². The van der Waals surface area contributed by atoms with Gasteiger partial charge in [0.05, 0.1) is 24.2 Å². The molecular weight excluding hydrogens is 233 g/mol. The number of benzene rings is 1. The first-order valence-corrected chi connectivity index (χ1v) is 5.49. The highest BCUT2D eigenvalue weighted by atomic mass is 19.1. The van der Waals surface area contributed by atoms with Crippen LogP contribution in [0, 0.1) is 5.82 Å². The first-order chi connectivity index (χ1) is 8.79. The van der Waals surface area contributed by atoms with Gasteiger partial charge in [0.2, 0.25) is 0 Å². The maximum Gasteiger partial charge on any atom is 0.153 e. The van der Waals surface area contributed by atoms with Crippen LogP contribution in [0.3, 0.4) is 0 Å². The molecule has 0 saturated heterocycles. The molecule has 0 aliphatic carbocycles. The lowest BCUT2D eigenvalue weighted by Gasteiger charge is -2.04. The molecule has 0 unspecified atom stereocenters. The molecule has 0 aliphatic rings. The quantitative estimate of drug-likeness (QED) is 0.749. The number of aromatic nitrogens is 3. The molecule has 18 heavy (non-hydrogen) atoms. The van der Waals surface area contributed by atoms with E-state index in [1.807, 2.05) is 0 Å². The minimum atomic E-state index is -0.324. The molecule has 1 N–H and O–H groups in total. The molecule has 4 nitrogen and oxygen atoms in total. The molecule has 1 aromatic carbocycles. The van der Waals surface area contributed by atoms with Crippen LogP contribution in [0.4, 0.5) is 4.39 Å². The maximum atomic E-state index is 13.7. The van der Waals surface area contributed by atoms with E-state index in [0.29, 0.717) is 22.6 Å². The van der Waals surface area contributed by atoms with Crippen molar-refractivity contribution in [3.63, 3.8) is 0 Å². The molecule has 0 atom stereocenters. The average Bonchev–Trinajstić information content (AvgIpc) is 2.81. The molecular formula is C13H10FN3O. The fourth-order valence-corrected chi connectivity index (χ4v) is 1.84. The van der Waals surface area contributed by atoms with E-state index >= 15 is 0 Å². The smallest absolute Gasteiger partial charge is 0.153 e. The van der Waals surface area contributed by atoms with E-state index in [9.17, 15) is 4.39 Å². The Hall–Kier alpha value is -2.27. The molecule has 2 aromatic heterocycles. The van der Waals surface area contributed by atoms with Gasteiger partial charge in [-0.1, -0.05) is 12.1 Å². The molecule has 0 radical (unpaired) electrons. The zero-order valence-corrected chi connectivity index (χ0v) is 9.42. The van der Waals surface area contributed by atoms with Crippen LogP contribution in [0.15, 0.2) is 42.6 Å². The summed E-state index contributed by atoms with van der Waals surface area (Å²) >= 11 is 0. The van der Waals surface area contributed by atoms with Crippen LogP contribution in [-0.2, 0) is 6.61 Å². The van der Waals surface area contributed by atoms with Crippen molar-refractivity contribution in [1.29, 1.82) is 0 Å². The van der Waals surface area contributed by atoms with Crippen molar-refractivity contribution in [3.8, 4) is 11.3 Å². The molecule has 3 rings (SSSR count). The summed E-state index contributed by atoms with van der Waals surface area (Å²) < 4.78 is 15.2. The number of fused-ring (bicyclic) bond motifs is 1. The topological polar surface area (TPSA) is 50.4 Å². The second-order valence-electron chi connectivity index (χ2n) is 3.88. The van der Waals surface area contributed by atoms with Gasteiger partial charge in [-0.05, 0) is 24.3 Å². The first-order valence-electron chi connectivity index (χ1n) is 5.49. The number of aliphatic hydroxyl groups excluding tert-OH is 1. The lowest BCUT2D eigenvalue weighted by molar-refractivity contribution is 0.274. The highest BCUT2D eigenvalue weighted by molar-refractivity contribution is 5.61. The Kier molecular flexibility index (Phi) is 2.53. The number of rotatable bonds is 2. The molecule has 0 bridgehead atoms. The molecule has 90 valence electrons.